The number of rotatable bonds is 6. The number of hydrogen-bond donors (Lipinski definition) is 2. The average molecular weight is 380 g/mol. The Kier molecular flexibility index (Phi) is 5.59. The normalized spacial score (nSPS) is 18.6. The van der Waals surface area contributed by atoms with Gasteiger partial charge < -0.3 is 10.2 Å². The second kappa shape index (κ2) is 7.73. The largest absolute Gasteiger partial charge is 0.352 e. The standard InChI is InChI=1S/C17H24N4O4S/c1-18-26(24,25)15-6-2-13(3-7-15)17(23)21-10-8-20(9-11-21)12-16(22)19-14-4-5-14/h2-3,6-7,14,18H,4-5,8-12H2,1H3,(H,19,22). The van der Waals surface area contributed by atoms with Gasteiger partial charge >= 0.3 is 0 Å². The number of piperazine rings is 1. The predicted octanol–water partition coefficient (Wildman–Crippen LogP) is -0.369. The lowest BCUT2D eigenvalue weighted by Gasteiger charge is -2.34. The predicted molar refractivity (Wildman–Crippen MR) is 96.2 cm³/mol. The number of sulfonamides is 1. The van der Waals surface area contributed by atoms with E-state index in [1.807, 2.05) is 4.90 Å². The van der Waals surface area contributed by atoms with Crippen LogP contribution in [0.25, 0.3) is 0 Å². The highest BCUT2D eigenvalue weighted by atomic mass is 32.2. The van der Waals surface area contributed by atoms with Crippen molar-refractivity contribution in [1.82, 2.24) is 19.8 Å². The summed E-state index contributed by atoms with van der Waals surface area (Å²) in [5, 5.41) is 2.97. The van der Waals surface area contributed by atoms with Gasteiger partial charge in [-0.15, -0.1) is 0 Å². The summed E-state index contributed by atoms with van der Waals surface area (Å²) in [4.78, 5) is 28.3. The number of amides is 2. The summed E-state index contributed by atoms with van der Waals surface area (Å²) >= 11 is 0. The Bertz CT molecular complexity index is 766. The molecule has 2 fully saturated rings. The van der Waals surface area contributed by atoms with E-state index >= 15 is 0 Å². The highest BCUT2D eigenvalue weighted by molar-refractivity contribution is 7.89. The van der Waals surface area contributed by atoms with Crippen molar-refractivity contribution in [2.45, 2.75) is 23.8 Å². The number of nitrogens with zero attached hydrogens (tertiary/aromatic N) is 2. The minimum absolute atomic E-state index is 0.0496. The summed E-state index contributed by atoms with van der Waals surface area (Å²) in [5.41, 5.74) is 0.458. The van der Waals surface area contributed by atoms with Crippen LogP contribution in [-0.4, -0.2) is 75.8 Å². The zero-order valence-electron chi connectivity index (χ0n) is 14.8. The molecular weight excluding hydrogens is 356 g/mol. The molecule has 2 aliphatic rings. The highest BCUT2D eigenvalue weighted by Gasteiger charge is 2.26. The molecule has 0 aromatic heterocycles. The van der Waals surface area contributed by atoms with Crippen LogP contribution in [0, 0.1) is 0 Å². The first-order valence-corrected chi connectivity index (χ1v) is 10.2. The lowest BCUT2D eigenvalue weighted by molar-refractivity contribution is -0.122. The molecule has 1 aliphatic carbocycles. The van der Waals surface area contributed by atoms with Gasteiger partial charge in [-0.25, -0.2) is 13.1 Å². The molecule has 1 aromatic rings. The van der Waals surface area contributed by atoms with Crippen molar-refractivity contribution in [3.8, 4) is 0 Å². The molecule has 0 atom stereocenters. The molecule has 9 heteroatoms. The monoisotopic (exact) mass is 380 g/mol. The molecular formula is C17H24N4O4S. The van der Waals surface area contributed by atoms with Gasteiger partial charge in [0.05, 0.1) is 11.4 Å². The van der Waals surface area contributed by atoms with Gasteiger partial charge in [0.15, 0.2) is 0 Å². The van der Waals surface area contributed by atoms with Crippen LogP contribution >= 0.6 is 0 Å². The van der Waals surface area contributed by atoms with E-state index in [0.717, 1.165) is 12.8 Å². The Balaban J connectivity index is 1.52. The van der Waals surface area contributed by atoms with Crippen molar-refractivity contribution in [2.24, 2.45) is 0 Å². The topological polar surface area (TPSA) is 98.8 Å². The van der Waals surface area contributed by atoms with Gasteiger partial charge in [0, 0.05) is 37.8 Å². The van der Waals surface area contributed by atoms with Gasteiger partial charge in [-0.1, -0.05) is 0 Å². The van der Waals surface area contributed by atoms with E-state index in [0.29, 0.717) is 44.3 Å². The van der Waals surface area contributed by atoms with Gasteiger partial charge in [-0.2, -0.15) is 0 Å². The maximum absolute atomic E-state index is 12.6. The highest BCUT2D eigenvalue weighted by Crippen LogP contribution is 2.18. The molecule has 1 saturated carbocycles. The van der Waals surface area contributed by atoms with Crippen molar-refractivity contribution in [3.63, 3.8) is 0 Å². The van der Waals surface area contributed by atoms with E-state index in [-0.39, 0.29) is 16.7 Å². The Morgan fingerprint density at radius 3 is 2.23 bits per heavy atom. The fourth-order valence-corrected chi connectivity index (χ4v) is 3.62. The van der Waals surface area contributed by atoms with Crippen molar-refractivity contribution >= 4 is 21.8 Å². The van der Waals surface area contributed by atoms with Crippen LogP contribution in [0.4, 0.5) is 0 Å². The van der Waals surface area contributed by atoms with Crippen molar-refractivity contribution < 1.29 is 18.0 Å². The van der Waals surface area contributed by atoms with Gasteiger partial charge in [0.2, 0.25) is 15.9 Å². The molecule has 3 rings (SSSR count). The van der Waals surface area contributed by atoms with Crippen molar-refractivity contribution in [3.05, 3.63) is 29.8 Å². The van der Waals surface area contributed by atoms with Crippen LogP contribution in [-0.2, 0) is 14.8 Å². The summed E-state index contributed by atoms with van der Waals surface area (Å²) < 4.78 is 25.7. The molecule has 0 bridgehead atoms. The molecule has 0 unspecified atom stereocenters. The van der Waals surface area contributed by atoms with Crippen LogP contribution in [0.3, 0.4) is 0 Å². The molecule has 1 aromatic carbocycles. The molecule has 0 spiro atoms. The molecule has 2 amide bonds. The third-order valence-electron chi connectivity index (χ3n) is 4.65. The second-order valence-corrected chi connectivity index (χ2v) is 8.53. The summed E-state index contributed by atoms with van der Waals surface area (Å²) in [6, 6.07) is 6.28. The van der Waals surface area contributed by atoms with Gasteiger partial charge in [0.1, 0.15) is 0 Å². The third-order valence-corrected chi connectivity index (χ3v) is 6.08. The molecule has 8 nitrogen and oxygen atoms in total. The van der Waals surface area contributed by atoms with E-state index in [1.165, 1.54) is 31.3 Å². The Labute approximate surface area is 153 Å². The average Bonchev–Trinajstić information content (AvgIpc) is 3.45. The third kappa shape index (κ3) is 4.60. The first kappa shape index (κ1) is 18.8. The Hall–Kier alpha value is -1.97. The summed E-state index contributed by atoms with van der Waals surface area (Å²) in [5.74, 6) is -0.0749. The molecule has 26 heavy (non-hydrogen) atoms. The molecule has 0 radical (unpaired) electrons. The van der Waals surface area contributed by atoms with Gasteiger partial charge in [0.25, 0.3) is 5.91 Å². The lowest BCUT2D eigenvalue weighted by atomic mass is 10.2. The minimum Gasteiger partial charge on any atom is -0.352 e. The van der Waals surface area contributed by atoms with E-state index in [9.17, 15) is 18.0 Å². The first-order chi connectivity index (χ1) is 12.4. The number of carbonyl (C=O) groups excluding carboxylic acids is 2. The number of hydrogen-bond acceptors (Lipinski definition) is 5. The molecule has 1 aliphatic heterocycles. The van der Waals surface area contributed by atoms with Gasteiger partial charge in [-0.3, -0.25) is 14.5 Å². The smallest absolute Gasteiger partial charge is 0.253 e. The molecule has 1 heterocycles. The number of nitrogens with one attached hydrogen (secondary N) is 2. The molecule has 142 valence electrons. The molecule has 2 N–H and O–H groups in total. The summed E-state index contributed by atoms with van der Waals surface area (Å²) in [7, 11) is -2.16. The van der Waals surface area contributed by atoms with Crippen molar-refractivity contribution in [1.29, 1.82) is 0 Å². The Morgan fingerprint density at radius 2 is 1.69 bits per heavy atom. The lowest BCUT2D eigenvalue weighted by Crippen LogP contribution is -2.51. The second-order valence-electron chi connectivity index (χ2n) is 6.64. The van der Waals surface area contributed by atoms with Crippen molar-refractivity contribution in [2.75, 3.05) is 39.8 Å². The first-order valence-electron chi connectivity index (χ1n) is 8.73. The maximum Gasteiger partial charge on any atom is 0.253 e. The van der Waals surface area contributed by atoms with Crippen LogP contribution < -0.4 is 10.0 Å². The summed E-state index contributed by atoms with van der Waals surface area (Å²) in [6.45, 7) is 2.76. The summed E-state index contributed by atoms with van der Waals surface area (Å²) in [6.07, 6.45) is 2.14. The van der Waals surface area contributed by atoms with Crippen LogP contribution in [0.15, 0.2) is 29.2 Å². The number of benzene rings is 1. The van der Waals surface area contributed by atoms with Crippen LogP contribution in [0.1, 0.15) is 23.2 Å². The van der Waals surface area contributed by atoms with E-state index in [1.54, 1.807) is 4.90 Å². The quantitative estimate of drug-likeness (QED) is 0.702. The zero-order valence-corrected chi connectivity index (χ0v) is 15.6. The van der Waals surface area contributed by atoms with Crippen LogP contribution in [0.5, 0.6) is 0 Å². The van der Waals surface area contributed by atoms with Crippen LogP contribution in [0.2, 0.25) is 0 Å². The Morgan fingerprint density at radius 1 is 1.08 bits per heavy atom. The fourth-order valence-electron chi connectivity index (χ4n) is 2.89. The SMILES string of the molecule is CNS(=O)(=O)c1ccc(C(=O)N2CCN(CC(=O)NC3CC3)CC2)cc1. The minimum atomic E-state index is -3.51. The fraction of sp³-hybridized carbons (Fsp3) is 0.529. The van der Waals surface area contributed by atoms with E-state index < -0.39 is 10.0 Å². The van der Waals surface area contributed by atoms with E-state index in [2.05, 4.69) is 10.0 Å². The molecule has 1 saturated heterocycles. The number of carbonyl (C=O) groups is 2. The maximum atomic E-state index is 12.6. The zero-order chi connectivity index (χ0) is 18.7. The van der Waals surface area contributed by atoms with E-state index in [4.69, 9.17) is 0 Å². The van der Waals surface area contributed by atoms with Gasteiger partial charge in [-0.05, 0) is 44.2 Å².